The van der Waals surface area contributed by atoms with E-state index in [0.717, 1.165) is 10.9 Å². The second-order valence-electron chi connectivity index (χ2n) is 2.57. The number of nitrogens with zero attached hydrogens (tertiary/aromatic N) is 1. The minimum atomic E-state index is 0.706. The summed E-state index contributed by atoms with van der Waals surface area (Å²) in [6.45, 7) is 0. The van der Waals surface area contributed by atoms with Gasteiger partial charge in [-0.05, 0) is 12.1 Å². The molecule has 0 spiro atoms. The van der Waals surface area contributed by atoms with Crippen LogP contribution < -0.4 is 5.46 Å². The Hall–Kier alpha value is -1.02. The standard InChI is InChI=1S/C9H5BClN/c10-6-1-2-7-8(11)3-4-12-9(7)5-6/h1-5H. The van der Waals surface area contributed by atoms with Crippen molar-refractivity contribution in [3.8, 4) is 0 Å². The molecule has 56 valence electrons. The highest BCUT2D eigenvalue weighted by molar-refractivity contribution is 6.36. The maximum atomic E-state index is 5.93. The van der Waals surface area contributed by atoms with Crippen molar-refractivity contribution >= 4 is 35.8 Å². The van der Waals surface area contributed by atoms with E-state index in [1.54, 1.807) is 18.3 Å². The molecular formula is C9H5BClN. The number of aromatic nitrogens is 1. The van der Waals surface area contributed by atoms with Gasteiger partial charge in [0.15, 0.2) is 0 Å². The molecule has 0 N–H and O–H groups in total. The largest absolute Gasteiger partial charge is 0.256 e. The predicted molar refractivity (Wildman–Crippen MR) is 52.1 cm³/mol. The molecule has 1 aromatic heterocycles. The summed E-state index contributed by atoms with van der Waals surface area (Å²) in [5.74, 6) is 0. The van der Waals surface area contributed by atoms with Crippen molar-refractivity contribution in [2.75, 3.05) is 0 Å². The fourth-order valence-corrected chi connectivity index (χ4v) is 1.35. The van der Waals surface area contributed by atoms with E-state index in [0.29, 0.717) is 10.5 Å². The van der Waals surface area contributed by atoms with Crippen LogP contribution in [-0.2, 0) is 0 Å². The third-order valence-electron chi connectivity index (χ3n) is 1.71. The van der Waals surface area contributed by atoms with Crippen molar-refractivity contribution in [2.24, 2.45) is 0 Å². The maximum Gasteiger partial charge on any atom is 0.113 e. The Balaban J connectivity index is 2.86. The molecular weight excluding hydrogens is 168 g/mol. The Labute approximate surface area is 76.8 Å². The Morgan fingerprint density at radius 1 is 1.25 bits per heavy atom. The molecule has 1 aromatic carbocycles. The lowest BCUT2D eigenvalue weighted by molar-refractivity contribution is 1.42. The Morgan fingerprint density at radius 3 is 2.92 bits per heavy atom. The summed E-state index contributed by atoms with van der Waals surface area (Å²) in [5.41, 5.74) is 1.54. The minimum Gasteiger partial charge on any atom is -0.256 e. The zero-order valence-electron chi connectivity index (χ0n) is 6.29. The second-order valence-corrected chi connectivity index (χ2v) is 2.98. The van der Waals surface area contributed by atoms with Gasteiger partial charge in [-0.1, -0.05) is 29.2 Å². The van der Waals surface area contributed by atoms with Gasteiger partial charge in [0.25, 0.3) is 0 Å². The summed E-state index contributed by atoms with van der Waals surface area (Å²) in [6, 6.07) is 7.26. The highest BCUT2D eigenvalue weighted by atomic mass is 35.5. The van der Waals surface area contributed by atoms with Gasteiger partial charge in [-0.25, -0.2) is 0 Å². The van der Waals surface area contributed by atoms with Crippen LogP contribution in [0.2, 0.25) is 5.02 Å². The van der Waals surface area contributed by atoms with Crippen LogP contribution in [0.15, 0.2) is 30.5 Å². The summed E-state index contributed by atoms with van der Waals surface area (Å²) in [6.07, 6.45) is 1.67. The normalized spacial score (nSPS) is 10.4. The van der Waals surface area contributed by atoms with E-state index in [2.05, 4.69) is 4.98 Å². The van der Waals surface area contributed by atoms with Crippen LogP contribution in [-0.4, -0.2) is 12.8 Å². The molecule has 2 aromatic rings. The van der Waals surface area contributed by atoms with Gasteiger partial charge in [-0.2, -0.15) is 0 Å². The van der Waals surface area contributed by atoms with Gasteiger partial charge in [0.1, 0.15) is 7.85 Å². The van der Waals surface area contributed by atoms with Crippen molar-refractivity contribution in [3.63, 3.8) is 0 Å². The van der Waals surface area contributed by atoms with Crippen LogP contribution in [0.5, 0.6) is 0 Å². The molecule has 2 radical (unpaired) electrons. The monoisotopic (exact) mass is 173 g/mol. The maximum absolute atomic E-state index is 5.93. The highest BCUT2D eigenvalue weighted by Crippen LogP contribution is 2.19. The molecule has 1 heterocycles. The first kappa shape index (κ1) is 7.62. The van der Waals surface area contributed by atoms with Gasteiger partial charge in [0, 0.05) is 11.6 Å². The molecule has 0 aliphatic heterocycles. The average Bonchev–Trinajstić information content (AvgIpc) is 2.04. The zero-order valence-corrected chi connectivity index (χ0v) is 7.05. The minimum absolute atomic E-state index is 0.706. The first-order chi connectivity index (χ1) is 5.77. The summed E-state index contributed by atoms with van der Waals surface area (Å²) in [7, 11) is 5.59. The topological polar surface area (TPSA) is 12.9 Å². The third kappa shape index (κ3) is 1.19. The van der Waals surface area contributed by atoms with E-state index in [-0.39, 0.29) is 0 Å². The summed E-state index contributed by atoms with van der Waals surface area (Å²) in [5, 5.41) is 1.65. The average molecular weight is 173 g/mol. The summed E-state index contributed by atoms with van der Waals surface area (Å²) >= 11 is 5.93. The zero-order chi connectivity index (χ0) is 8.55. The molecule has 2 rings (SSSR count). The SMILES string of the molecule is [B]c1ccc2c(Cl)ccnc2c1. The molecule has 0 bridgehead atoms. The first-order valence-corrected chi connectivity index (χ1v) is 3.95. The van der Waals surface area contributed by atoms with Gasteiger partial charge < -0.3 is 0 Å². The van der Waals surface area contributed by atoms with Crippen molar-refractivity contribution < 1.29 is 0 Å². The Bertz CT molecular complexity index is 428. The fourth-order valence-electron chi connectivity index (χ4n) is 1.13. The van der Waals surface area contributed by atoms with Gasteiger partial charge >= 0.3 is 0 Å². The van der Waals surface area contributed by atoms with E-state index in [1.807, 2.05) is 12.1 Å². The number of pyridine rings is 1. The van der Waals surface area contributed by atoms with Crippen LogP contribution in [0.4, 0.5) is 0 Å². The van der Waals surface area contributed by atoms with Gasteiger partial charge in [0.2, 0.25) is 0 Å². The molecule has 0 aliphatic rings. The lowest BCUT2D eigenvalue weighted by Gasteiger charge is -1.99. The molecule has 0 fully saturated rings. The number of fused-ring (bicyclic) bond motifs is 1. The first-order valence-electron chi connectivity index (χ1n) is 3.57. The van der Waals surface area contributed by atoms with Crippen LogP contribution in [0, 0.1) is 0 Å². The Morgan fingerprint density at radius 2 is 2.08 bits per heavy atom. The highest BCUT2D eigenvalue weighted by Gasteiger charge is 1.97. The number of rotatable bonds is 0. The molecule has 0 aliphatic carbocycles. The molecule has 12 heavy (non-hydrogen) atoms. The number of benzene rings is 1. The molecule has 0 unspecified atom stereocenters. The van der Waals surface area contributed by atoms with Crippen LogP contribution >= 0.6 is 11.6 Å². The van der Waals surface area contributed by atoms with Crippen molar-refractivity contribution in [2.45, 2.75) is 0 Å². The van der Waals surface area contributed by atoms with Crippen LogP contribution in [0.1, 0.15) is 0 Å². The molecule has 0 amide bonds. The molecule has 0 saturated carbocycles. The molecule has 1 nitrogen and oxygen atoms in total. The van der Waals surface area contributed by atoms with Crippen LogP contribution in [0.3, 0.4) is 0 Å². The summed E-state index contributed by atoms with van der Waals surface area (Å²) in [4.78, 5) is 4.14. The molecule has 3 heteroatoms. The smallest absolute Gasteiger partial charge is 0.113 e. The third-order valence-corrected chi connectivity index (χ3v) is 2.04. The van der Waals surface area contributed by atoms with Crippen LogP contribution in [0.25, 0.3) is 10.9 Å². The van der Waals surface area contributed by atoms with Gasteiger partial charge in [0.05, 0.1) is 10.5 Å². The van der Waals surface area contributed by atoms with Gasteiger partial charge in [-0.3, -0.25) is 4.98 Å². The fraction of sp³-hybridized carbons (Fsp3) is 0. The van der Waals surface area contributed by atoms with E-state index in [1.165, 1.54) is 0 Å². The molecule has 0 atom stereocenters. The number of hydrogen-bond donors (Lipinski definition) is 0. The summed E-state index contributed by atoms with van der Waals surface area (Å²) < 4.78 is 0. The van der Waals surface area contributed by atoms with E-state index < -0.39 is 0 Å². The Kier molecular flexibility index (Phi) is 1.78. The van der Waals surface area contributed by atoms with Gasteiger partial charge in [-0.15, -0.1) is 0 Å². The lowest BCUT2D eigenvalue weighted by atomic mass is 9.95. The van der Waals surface area contributed by atoms with E-state index >= 15 is 0 Å². The van der Waals surface area contributed by atoms with E-state index in [4.69, 9.17) is 19.4 Å². The quantitative estimate of drug-likeness (QED) is 0.553. The van der Waals surface area contributed by atoms with Crippen molar-refractivity contribution in [1.82, 2.24) is 4.98 Å². The van der Waals surface area contributed by atoms with E-state index in [9.17, 15) is 0 Å². The second kappa shape index (κ2) is 2.79. The molecule has 0 saturated heterocycles. The predicted octanol–water partition coefficient (Wildman–Crippen LogP) is 1.68. The van der Waals surface area contributed by atoms with Crippen molar-refractivity contribution in [1.29, 1.82) is 0 Å². The number of halogens is 1. The lowest BCUT2D eigenvalue weighted by Crippen LogP contribution is -2.00. The number of hydrogen-bond acceptors (Lipinski definition) is 1. The van der Waals surface area contributed by atoms with Crippen molar-refractivity contribution in [3.05, 3.63) is 35.5 Å².